The molecule has 2 aliphatic heterocycles. The second-order valence-corrected chi connectivity index (χ2v) is 11.1. The Hall–Kier alpha value is -3.80. The molecule has 2 amide bonds. The molecular formula is C29H32Cl2N6O5. The van der Waals surface area contributed by atoms with Crippen LogP contribution in [0.15, 0.2) is 39.7 Å². The zero-order valence-corrected chi connectivity index (χ0v) is 24.6. The van der Waals surface area contributed by atoms with Crippen LogP contribution in [0.1, 0.15) is 50.4 Å². The molecule has 42 heavy (non-hydrogen) atoms. The number of nitrogens with two attached hydrogens (primary N) is 1. The van der Waals surface area contributed by atoms with Crippen LogP contribution in [0.25, 0.3) is 11.0 Å². The van der Waals surface area contributed by atoms with E-state index in [-0.39, 0.29) is 47.0 Å². The molecule has 1 fully saturated rings. The first-order valence-corrected chi connectivity index (χ1v) is 14.5. The van der Waals surface area contributed by atoms with E-state index < -0.39 is 17.9 Å². The molecule has 5 rings (SSSR count). The maximum absolute atomic E-state index is 13.4. The lowest BCUT2D eigenvalue weighted by atomic mass is 9.96. The van der Waals surface area contributed by atoms with Gasteiger partial charge in [0.05, 0.1) is 22.3 Å². The molecule has 0 radical (unpaired) electrons. The Morgan fingerprint density at radius 1 is 1.14 bits per heavy atom. The number of aryl methyl sites for hydroxylation is 1. The van der Waals surface area contributed by atoms with E-state index in [9.17, 15) is 19.5 Å². The second kappa shape index (κ2) is 12.6. The number of amides is 2. The van der Waals surface area contributed by atoms with Crippen LogP contribution in [0.4, 0.5) is 0 Å². The quantitative estimate of drug-likeness (QED) is 0.233. The fraction of sp³-hybridized carbons (Fsp3) is 0.379. The number of halogens is 2. The predicted octanol–water partition coefficient (Wildman–Crippen LogP) is 3.39. The highest BCUT2D eigenvalue weighted by molar-refractivity contribution is 6.40. The number of likely N-dealkylation sites (tertiary alicyclic amines) is 1. The van der Waals surface area contributed by atoms with Crippen molar-refractivity contribution in [2.45, 2.75) is 38.8 Å². The third kappa shape index (κ3) is 5.90. The minimum absolute atomic E-state index is 0.00775. The summed E-state index contributed by atoms with van der Waals surface area (Å²) in [6.45, 7) is 3.95. The van der Waals surface area contributed by atoms with Crippen molar-refractivity contribution in [2.24, 2.45) is 10.7 Å². The summed E-state index contributed by atoms with van der Waals surface area (Å²) < 4.78 is 5.87. The molecule has 0 aliphatic carbocycles. The number of aliphatic carboxylic acids is 1. The number of para-hydroxylation sites is 1. The summed E-state index contributed by atoms with van der Waals surface area (Å²) in [5, 5.41) is 16.4. The molecular weight excluding hydrogens is 583 g/mol. The molecule has 222 valence electrons. The Morgan fingerprint density at radius 2 is 1.88 bits per heavy atom. The van der Waals surface area contributed by atoms with Gasteiger partial charge in [-0.2, -0.15) is 0 Å². The first-order chi connectivity index (χ1) is 20.2. The summed E-state index contributed by atoms with van der Waals surface area (Å²) in [4.78, 5) is 46.6. The SMILES string of the molecule is Cc1c(C(=O)N2CCc3c(cc(Cl)c(C(=O)N[C@@H](CNC(=NCN)N4CCCC4)C(=O)O)c3Cl)C2)oc2ccccc12. The first-order valence-electron chi connectivity index (χ1n) is 13.7. The lowest BCUT2D eigenvalue weighted by Gasteiger charge is -2.30. The van der Waals surface area contributed by atoms with Gasteiger partial charge in [0.15, 0.2) is 11.7 Å². The van der Waals surface area contributed by atoms with Crippen molar-refractivity contribution in [3.63, 3.8) is 0 Å². The molecule has 13 heteroatoms. The Bertz CT molecular complexity index is 1570. The number of hydrogen-bond donors (Lipinski definition) is 4. The maximum atomic E-state index is 13.4. The average molecular weight is 616 g/mol. The highest BCUT2D eigenvalue weighted by Gasteiger charge is 2.31. The number of rotatable bonds is 7. The zero-order valence-electron chi connectivity index (χ0n) is 23.1. The minimum atomic E-state index is -1.29. The van der Waals surface area contributed by atoms with E-state index >= 15 is 0 Å². The van der Waals surface area contributed by atoms with Crippen LogP contribution in [0.5, 0.6) is 0 Å². The first kappa shape index (κ1) is 29.7. The minimum Gasteiger partial charge on any atom is -0.480 e. The number of aliphatic imine (C=N–C) groups is 1. The summed E-state index contributed by atoms with van der Waals surface area (Å²) in [5.41, 5.74) is 8.40. The number of carbonyl (C=O) groups excluding carboxylic acids is 2. The second-order valence-electron chi connectivity index (χ2n) is 10.3. The molecule has 3 heterocycles. The number of carboxylic acid groups (broad SMARTS) is 1. The third-order valence-electron chi connectivity index (χ3n) is 7.67. The molecule has 0 bridgehead atoms. The van der Waals surface area contributed by atoms with Crippen molar-refractivity contribution in [3.8, 4) is 0 Å². The van der Waals surface area contributed by atoms with Gasteiger partial charge in [-0.25, -0.2) is 9.79 Å². The van der Waals surface area contributed by atoms with E-state index in [1.54, 1.807) is 11.0 Å². The van der Waals surface area contributed by atoms with Gasteiger partial charge in [0.25, 0.3) is 11.8 Å². The molecule has 11 nitrogen and oxygen atoms in total. The van der Waals surface area contributed by atoms with Gasteiger partial charge in [0.1, 0.15) is 11.6 Å². The fourth-order valence-corrected chi connectivity index (χ4v) is 6.23. The molecule has 1 atom stereocenters. The van der Waals surface area contributed by atoms with Gasteiger partial charge in [0.2, 0.25) is 0 Å². The summed E-state index contributed by atoms with van der Waals surface area (Å²) in [6, 6.07) is 7.80. The molecule has 1 aromatic heterocycles. The van der Waals surface area contributed by atoms with Gasteiger partial charge in [-0.15, -0.1) is 0 Å². The number of furan rings is 1. The average Bonchev–Trinajstić information content (AvgIpc) is 3.62. The Kier molecular flexibility index (Phi) is 8.91. The van der Waals surface area contributed by atoms with Crippen LogP contribution in [-0.2, 0) is 17.8 Å². The summed E-state index contributed by atoms with van der Waals surface area (Å²) >= 11 is 13.2. The number of carboxylic acids is 1. The summed E-state index contributed by atoms with van der Waals surface area (Å²) in [5.74, 6) is -1.41. The third-order valence-corrected chi connectivity index (χ3v) is 8.39. The van der Waals surface area contributed by atoms with Gasteiger partial charge < -0.3 is 35.7 Å². The van der Waals surface area contributed by atoms with E-state index in [1.165, 1.54) is 0 Å². The topological polar surface area (TPSA) is 154 Å². The zero-order chi connectivity index (χ0) is 30.0. The molecule has 0 unspecified atom stereocenters. The largest absolute Gasteiger partial charge is 0.480 e. The van der Waals surface area contributed by atoms with Gasteiger partial charge in [-0.1, -0.05) is 41.4 Å². The van der Waals surface area contributed by atoms with E-state index in [2.05, 4.69) is 15.6 Å². The molecule has 0 saturated carbocycles. The van der Waals surface area contributed by atoms with Crippen molar-refractivity contribution in [1.29, 1.82) is 0 Å². The van der Waals surface area contributed by atoms with E-state index in [4.69, 9.17) is 33.4 Å². The van der Waals surface area contributed by atoms with Crippen LogP contribution in [0.2, 0.25) is 10.0 Å². The van der Waals surface area contributed by atoms with Crippen molar-refractivity contribution in [2.75, 3.05) is 32.8 Å². The van der Waals surface area contributed by atoms with Gasteiger partial charge in [0, 0.05) is 43.7 Å². The number of guanidine groups is 1. The van der Waals surface area contributed by atoms with Crippen LogP contribution >= 0.6 is 23.2 Å². The highest BCUT2D eigenvalue weighted by atomic mass is 35.5. The van der Waals surface area contributed by atoms with Gasteiger partial charge in [-0.05, 0) is 49.4 Å². The standard InChI is InChI=1S/C29H32Cl2N6O5/c1-16-18-6-2-3-7-22(18)42-25(16)27(39)37-11-8-19-17(14-37)12-20(30)23(24(19)31)26(38)35-21(28(40)41)13-33-29(34-15-32)36-9-4-5-10-36/h2-3,6-7,12,21H,4-5,8-11,13-15,32H2,1H3,(H,33,34)(H,35,38)(H,40,41)/t21-/m0/s1. The van der Waals surface area contributed by atoms with Crippen LogP contribution in [0.3, 0.4) is 0 Å². The molecule has 3 aromatic rings. The molecule has 0 spiro atoms. The number of nitrogens with zero attached hydrogens (tertiary/aromatic N) is 3. The number of carbonyl (C=O) groups is 3. The molecule has 1 saturated heterocycles. The van der Waals surface area contributed by atoms with Crippen molar-refractivity contribution < 1.29 is 23.9 Å². The van der Waals surface area contributed by atoms with Crippen LogP contribution < -0.4 is 16.4 Å². The number of benzene rings is 2. The monoisotopic (exact) mass is 614 g/mol. The normalized spacial score (nSPS) is 16.0. The summed E-state index contributed by atoms with van der Waals surface area (Å²) in [6.07, 6.45) is 2.39. The van der Waals surface area contributed by atoms with Crippen molar-refractivity contribution >= 4 is 57.9 Å². The smallest absolute Gasteiger partial charge is 0.328 e. The Labute approximate surface area is 252 Å². The number of hydrogen-bond acceptors (Lipinski definition) is 6. The van der Waals surface area contributed by atoms with Crippen LogP contribution in [-0.4, -0.2) is 77.5 Å². The molecule has 5 N–H and O–H groups in total. The number of nitrogens with one attached hydrogen (secondary N) is 2. The van der Waals surface area contributed by atoms with Crippen molar-refractivity contribution in [1.82, 2.24) is 20.4 Å². The van der Waals surface area contributed by atoms with Crippen LogP contribution in [0, 0.1) is 6.92 Å². The summed E-state index contributed by atoms with van der Waals surface area (Å²) in [7, 11) is 0. The van der Waals surface area contributed by atoms with Gasteiger partial charge >= 0.3 is 5.97 Å². The predicted molar refractivity (Wildman–Crippen MR) is 160 cm³/mol. The Balaban J connectivity index is 1.31. The molecule has 2 aliphatic rings. The van der Waals surface area contributed by atoms with E-state index in [1.807, 2.05) is 36.1 Å². The van der Waals surface area contributed by atoms with Gasteiger partial charge in [-0.3, -0.25) is 9.59 Å². The lowest BCUT2D eigenvalue weighted by Crippen LogP contribution is -2.51. The highest BCUT2D eigenvalue weighted by Crippen LogP contribution is 2.35. The lowest BCUT2D eigenvalue weighted by molar-refractivity contribution is -0.139. The van der Waals surface area contributed by atoms with E-state index in [0.29, 0.717) is 35.6 Å². The maximum Gasteiger partial charge on any atom is 0.328 e. The Morgan fingerprint density at radius 3 is 2.57 bits per heavy atom. The fourth-order valence-electron chi connectivity index (χ4n) is 5.46. The number of fused-ring (bicyclic) bond motifs is 2. The van der Waals surface area contributed by atoms with Crippen molar-refractivity contribution in [3.05, 3.63) is 68.4 Å². The molecule has 2 aromatic carbocycles. The van der Waals surface area contributed by atoms with E-state index in [0.717, 1.165) is 36.9 Å².